The lowest BCUT2D eigenvalue weighted by molar-refractivity contribution is 0.581. The van der Waals surface area contributed by atoms with Gasteiger partial charge < -0.3 is 4.98 Å². The van der Waals surface area contributed by atoms with E-state index in [4.69, 9.17) is 0 Å². The number of aryl methyl sites for hydroxylation is 1. The maximum atomic E-state index is 12.5. The van der Waals surface area contributed by atoms with Gasteiger partial charge in [-0.25, -0.2) is 17.9 Å². The van der Waals surface area contributed by atoms with Crippen LogP contribution in [0.5, 0.6) is 0 Å². The zero-order chi connectivity index (χ0) is 21.5. The van der Waals surface area contributed by atoms with Gasteiger partial charge in [-0.2, -0.15) is 0 Å². The molecular weight excluding hydrogens is 406 g/mol. The number of hydrogen-bond donors (Lipinski definition) is 2. The molecule has 154 valence electrons. The molecular formula is C20H19N5O4S. The second-order valence-corrected chi connectivity index (χ2v) is 8.63. The van der Waals surface area contributed by atoms with Gasteiger partial charge in [0.25, 0.3) is 5.56 Å². The molecule has 2 N–H and O–H groups in total. The van der Waals surface area contributed by atoms with E-state index in [0.29, 0.717) is 22.3 Å². The van der Waals surface area contributed by atoms with Crippen LogP contribution in [0.15, 0.2) is 69.3 Å². The van der Waals surface area contributed by atoms with Crippen LogP contribution in [-0.4, -0.2) is 27.5 Å². The molecule has 0 radical (unpaired) electrons. The maximum absolute atomic E-state index is 12.5. The van der Waals surface area contributed by atoms with Gasteiger partial charge in [0.05, 0.1) is 10.4 Å². The molecule has 3 heterocycles. The SMILES string of the molecule is Cn1c(=O)c2[nH]c(-c3ccc(S(=O)(=O)NCc4cccnc4)cc3)cc2n(C)c1=O. The Morgan fingerprint density at radius 3 is 2.47 bits per heavy atom. The lowest BCUT2D eigenvalue weighted by Crippen LogP contribution is -2.36. The van der Waals surface area contributed by atoms with Crippen molar-refractivity contribution in [2.24, 2.45) is 14.1 Å². The van der Waals surface area contributed by atoms with Crippen LogP contribution in [0.2, 0.25) is 0 Å². The van der Waals surface area contributed by atoms with Gasteiger partial charge in [-0.1, -0.05) is 18.2 Å². The Morgan fingerprint density at radius 2 is 1.80 bits per heavy atom. The van der Waals surface area contributed by atoms with E-state index in [-0.39, 0.29) is 11.4 Å². The summed E-state index contributed by atoms with van der Waals surface area (Å²) >= 11 is 0. The third-order valence-electron chi connectivity index (χ3n) is 4.92. The molecule has 1 aromatic carbocycles. The van der Waals surface area contributed by atoms with E-state index in [2.05, 4.69) is 14.7 Å². The molecule has 10 heteroatoms. The average Bonchev–Trinajstić information content (AvgIpc) is 3.21. The minimum Gasteiger partial charge on any atom is -0.349 e. The quantitative estimate of drug-likeness (QED) is 0.496. The molecule has 4 rings (SSSR count). The molecule has 0 aliphatic carbocycles. The number of pyridine rings is 1. The predicted molar refractivity (Wildman–Crippen MR) is 112 cm³/mol. The Morgan fingerprint density at radius 1 is 1.07 bits per heavy atom. The normalized spacial score (nSPS) is 11.8. The van der Waals surface area contributed by atoms with Crippen molar-refractivity contribution in [3.63, 3.8) is 0 Å². The average molecular weight is 425 g/mol. The van der Waals surface area contributed by atoms with Gasteiger partial charge in [0.15, 0.2) is 0 Å². The van der Waals surface area contributed by atoms with Crippen LogP contribution >= 0.6 is 0 Å². The number of aromatic amines is 1. The fraction of sp³-hybridized carbons (Fsp3) is 0.150. The first kappa shape index (κ1) is 19.8. The number of rotatable bonds is 5. The van der Waals surface area contributed by atoms with Crippen LogP contribution in [0.3, 0.4) is 0 Å². The zero-order valence-electron chi connectivity index (χ0n) is 16.3. The number of H-pyrrole nitrogens is 1. The minimum absolute atomic E-state index is 0.120. The molecule has 0 atom stereocenters. The van der Waals surface area contributed by atoms with Crippen molar-refractivity contribution in [1.82, 2.24) is 23.8 Å². The second kappa shape index (κ2) is 7.39. The smallest absolute Gasteiger partial charge is 0.331 e. The summed E-state index contributed by atoms with van der Waals surface area (Å²) < 4.78 is 30.0. The highest BCUT2D eigenvalue weighted by molar-refractivity contribution is 7.89. The summed E-state index contributed by atoms with van der Waals surface area (Å²) in [6, 6.07) is 11.5. The van der Waals surface area contributed by atoms with Gasteiger partial charge in [0, 0.05) is 38.7 Å². The summed E-state index contributed by atoms with van der Waals surface area (Å²) in [6.07, 6.45) is 3.22. The number of nitrogens with one attached hydrogen (secondary N) is 2. The Balaban J connectivity index is 1.64. The topological polar surface area (TPSA) is 119 Å². The first-order valence-electron chi connectivity index (χ1n) is 9.05. The number of sulfonamides is 1. The highest BCUT2D eigenvalue weighted by atomic mass is 32.2. The van der Waals surface area contributed by atoms with Gasteiger partial charge in [0.1, 0.15) is 5.52 Å². The molecule has 4 aromatic rings. The van der Waals surface area contributed by atoms with E-state index in [1.165, 1.54) is 23.7 Å². The van der Waals surface area contributed by atoms with E-state index in [1.807, 2.05) is 0 Å². The number of nitrogens with zero attached hydrogens (tertiary/aromatic N) is 3. The minimum atomic E-state index is -3.69. The van der Waals surface area contributed by atoms with Crippen LogP contribution in [0.25, 0.3) is 22.3 Å². The number of hydrogen-bond acceptors (Lipinski definition) is 5. The van der Waals surface area contributed by atoms with Gasteiger partial charge >= 0.3 is 5.69 Å². The molecule has 0 bridgehead atoms. The van der Waals surface area contributed by atoms with Crippen LogP contribution < -0.4 is 16.0 Å². The summed E-state index contributed by atoms with van der Waals surface area (Å²) in [6.45, 7) is 0.136. The summed E-state index contributed by atoms with van der Waals surface area (Å²) in [4.78, 5) is 31.6. The largest absolute Gasteiger partial charge is 0.349 e. The molecule has 0 aliphatic rings. The van der Waals surface area contributed by atoms with E-state index >= 15 is 0 Å². The van der Waals surface area contributed by atoms with Crippen LogP contribution in [0, 0.1) is 0 Å². The molecule has 9 nitrogen and oxygen atoms in total. The van der Waals surface area contributed by atoms with Crippen molar-refractivity contribution in [2.45, 2.75) is 11.4 Å². The molecule has 0 unspecified atom stereocenters. The van der Waals surface area contributed by atoms with E-state index < -0.39 is 21.3 Å². The Kier molecular flexibility index (Phi) is 4.88. The highest BCUT2D eigenvalue weighted by Gasteiger charge is 2.16. The van der Waals surface area contributed by atoms with Crippen LogP contribution in [0.1, 0.15) is 5.56 Å². The molecule has 0 saturated heterocycles. The summed E-state index contributed by atoms with van der Waals surface area (Å²) in [5.41, 5.74) is 2.00. The molecule has 0 saturated carbocycles. The Bertz CT molecular complexity index is 1450. The third-order valence-corrected chi connectivity index (χ3v) is 6.33. The van der Waals surface area contributed by atoms with Gasteiger partial charge in [-0.3, -0.25) is 18.9 Å². The molecule has 0 spiro atoms. The van der Waals surface area contributed by atoms with Crippen LogP contribution in [-0.2, 0) is 30.7 Å². The second-order valence-electron chi connectivity index (χ2n) is 6.86. The van der Waals surface area contributed by atoms with Crippen molar-refractivity contribution < 1.29 is 8.42 Å². The molecule has 0 aliphatic heterocycles. The lowest BCUT2D eigenvalue weighted by atomic mass is 10.1. The van der Waals surface area contributed by atoms with Crippen molar-refractivity contribution >= 4 is 21.1 Å². The molecule has 0 amide bonds. The Hall–Kier alpha value is -3.50. The van der Waals surface area contributed by atoms with Crippen LogP contribution in [0.4, 0.5) is 0 Å². The van der Waals surface area contributed by atoms with E-state index in [1.54, 1.807) is 49.8 Å². The summed E-state index contributed by atoms with van der Waals surface area (Å²) in [5.74, 6) is 0. The number of fused-ring (bicyclic) bond motifs is 1. The third kappa shape index (κ3) is 3.46. The fourth-order valence-corrected chi connectivity index (χ4v) is 4.21. The van der Waals surface area contributed by atoms with E-state index in [9.17, 15) is 18.0 Å². The summed E-state index contributed by atoms with van der Waals surface area (Å²) in [5, 5.41) is 0. The maximum Gasteiger partial charge on any atom is 0.331 e. The number of benzene rings is 1. The molecule has 3 aromatic heterocycles. The zero-order valence-corrected chi connectivity index (χ0v) is 17.1. The molecule has 30 heavy (non-hydrogen) atoms. The summed E-state index contributed by atoms with van der Waals surface area (Å²) in [7, 11) is -0.685. The standard InChI is InChI=1S/C20H19N5O4S/c1-24-17-10-16(23-18(17)19(26)25(2)20(24)27)14-5-7-15(8-6-14)30(28,29)22-12-13-4-3-9-21-11-13/h3-11,22-23H,12H2,1-2H3. The predicted octanol–water partition coefficient (Wildman–Crippen LogP) is 1.11. The highest BCUT2D eigenvalue weighted by Crippen LogP contribution is 2.23. The lowest BCUT2D eigenvalue weighted by Gasteiger charge is -2.07. The van der Waals surface area contributed by atoms with Gasteiger partial charge in [-0.05, 0) is 35.4 Å². The molecule has 0 fully saturated rings. The first-order valence-corrected chi connectivity index (χ1v) is 10.5. The van der Waals surface area contributed by atoms with Gasteiger partial charge in [0.2, 0.25) is 10.0 Å². The first-order chi connectivity index (χ1) is 14.3. The van der Waals surface area contributed by atoms with E-state index in [0.717, 1.165) is 10.1 Å². The monoisotopic (exact) mass is 425 g/mol. The van der Waals surface area contributed by atoms with Crippen molar-refractivity contribution in [3.8, 4) is 11.3 Å². The fourth-order valence-electron chi connectivity index (χ4n) is 3.19. The Labute approximate surface area is 171 Å². The van der Waals surface area contributed by atoms with Crippen molar-refractivity contribution in [3.05, 3.63) is 81.3 Å². The van der Waals surface area contributed by atoms with Crippen molar-refractivity contribution in [2.75, 3.05) is 0 Å². The number of aromatic nitrogens is 4. The van der Waals surface area contributed by atoms with Gasteiger partial charge in [-0.15, -0.1) is 0 Å². The van der Waals surface area contributed by atoms with Crippen molar-refractivity contribution in [1.29, 1.82) is 0 Å².